The van der Waals surface area contributed by atoms with Gasteiger partial charge in [-0.25, -0.2) is 27.1 Å². The van der Waals surface area contributed by atoms with Crippen molar-refractivity contribution in [2.75, 3.05) is 0 Å². The number of alkyl halides is 4. The normalized spacial score (nSPS) is 11.9. The van der Waals surface area contributed by atoms with Gasteiger partial charge in [0.2, 0.25) is 0 Å². The third-order valence-corrected chi connectivity index (χ3v) is 4.16. The molecule has 0 saturated heterocycles. The molecule has 6 nitrogen and oxygen atoms in total. The van der Waals surface area contributed by atoms with Crippen LogP contribution >= 0.6 is 11.3 Å². The standard InChI is InChI=1S/C14H7F4N5OS/c15-11(16)6-4-8(12(17)18)23-10(19-6)5-7(22-23)13-20-21-14(24-13)9-2-1-3-25-9/h1-5,11-12H. The van der Waals surface area contributed by atoms with Crippen molar-refractivity contribution in [3.05, 3.63) is 41.0 Å². The Morgan fingerprint density at radius 3 is 2.52 bits per heavy atom. The van der Waals surface area contributed by atoms with Crippen molar-refractivity contribution in [1.82, 2.24) is 24.8 Å². The van der Waals surface area contributed by atoms with Crippen molar-refractivity contribution >= 4 is 17.0 Å². The predicted molar refractivity (Wildman–Crippen MR) is 79.5 cm³/mol. The van der Waals surface area contributed by atoms with Gasteiger partial charge in [-0.2, -0.15) is 5.10 Å². The lowest BCUT2D eigenvalue weighted by Gasteiger charge is -2.06. The lowest BCUT2D eigenvalue weighted by Crippen LogP contribution is -2.04. The summed E-state index contributed by atoms with van der Waals surface area (Å²) < 4.78 is 58.3. The largest absolute Gasteiger partial charge is 0.414 e. The predicted octanol–water partition coefficient (Wildman–Crippen LogP) is 4.38. The van der Waals surface area contributed by atoms with Gasteiger partial charge in [-0.3, -0.25) is 0 Å². The zero-order valence-corrected chi connectivity index (χ0v) is 12.9. The van der Waals surface area contributed by atoms with Crippen molar-refractivity contribution in [3.63, 3.8) is 0 Å². The molecule has 4 aromatic rings. The summed E-state index contributed by atoms with van der Waals surface area (Å²) in [6.07, 6.45) is -5.98. The number of aromatic nitrogens is 5. The molecule has 0 aliphatic rings. The van der Waals surface area contributed by atoms with Crippen LogP contribution in [0.15, 0.2) is 34.1 Å². The first kappa shape index (κ1) is 15.7. The van der Waals surface area contributed by atoms with Crippen LogP contribution in [0.4, 0.5) is 17.6 Å². The summed E-state index contributed by atoms with van der Waals surface area (Å²) in [5.74, 6) is 0.227. The van der Waals surface area contributed by atoms with Crippen LogP contribution in [0.2, 0.25) is 0 Å². The molecule has 0 amide bonds. The second-order valence-corrected chi connectivity index (χ2v) is 5.84. The van der Waals surface area contributed by atoms with Gasteiger partial charge < -0.3 is 4.42 Å². The van der Waals surface area contributed by atoms with E-state index in [0.29, 0.717) is 6.07 Å². The molecule has 0 N–H and O–H groups in total. The highest BCUT2D eigenvalue weighted by atomic mass is 32.1. The van der Waals surface area contributed by atoms with Crippen molar-refractivity contribution in [3.8, 4) is 22.4 Å². The summed E-state index contributed by atoms with van der Waals surface area (Å²) in [5, 5.41) is 13.4. The summed E-state index contributed by atoms with van der Waals surface area (Å²) >= 11 is 1.38. The molecule has 0 fully saturated rings. The number of nitrogens with zero attached hydrogens (tertiary/aromatic N) is 5. The van der Waals surface area contributed by atoms with Crippen molar-refractivity contribution in [2.24, 2.45) is 0 Å². The fraction of sp³-hybridized carbons (Fsp3) is 0.143. The molecule has 25 heavy (non-hydrogen) atoms. The molecule has 4 rings (SSSR count). The zero-order chi connectivity index (χ0) is 17.6. The Bertz CT molecular complexity index is 1030. The maximum atomic E-state index is 13.2. The van der Waals surface area contributed by atoms with E-state index in [2.05, 4.69) is 20.3 Å². The van der Waals surface area contributed by atoms with E-state index in [1.165, 1.54) is 17.4 Å². The Morgan fingerprint density at radius 2 is 1.84 bits per heavy atom. The molecule has 0 spiro atoms. The SMILES string of the molecule is FC(F)c1cc(C(F)F)n2nc(-c3nnc(-c4cccs4)o3)cc2n1. The highest BCUT2D eigenvalue weighted by Gasteiger charge is 2.22. The quantitative estimate of drug-likeness (QED) is 0.499. The number of rotatable bonds is 4. The second kappa shape index (κ2) is 5.92. The van der Waals surface area contributed by atoms with E-state index in [0.717, 1.165) is 9.39 Å². The highest BCUT2D eigenvalue weighted by Crippen LogP contribution is 2.29. The molecule has 0 saturated carbocycles. The maximum Gasteiger partial charge on any atom is 0.280 e. The van der Waals surface area contributed by atoms with Gasteiger partial charge in [0.15, 0.2) is 11.3 Å². The molecule has 0 aliphatic carbocycles. The monoisotopic (exact) mass is 369 g/mol. The van der Waals surface area contributed by atoms with E-state index in [1.54, 1.807) is 12.1 Å². The topological polar surface area (TPSA) is 69.1 Å². The second-order valence-electron chi connectivity index (χ2n) is 4.90. The molecule has 0 aliphatic heterocycles. The van der Waals surface area contributed by atoms with Crippen LogP contribution in [0.5, 0.6) is 0 Å². The van der Waals surface area contributed by atoms with Crippen LogP contribution in [-0.4, -0.2) is 24.8 Å². The van der Waals surface area contributed by atoms with Crippen molar-refractivity contribution in [1.29, 1.82) is 0 Å². The van der Waals surface area contributed by atoms with E-state index < -0.39 is 24.2 Å². The van der Waals surface area contributed by atoms with Crippen LogP contribution in [-0.2, 0) is 0 Å². The van der Waals surface area contributed by atoms with Gasteiger partial charge in [0, 0.05) is 6.07 Å². The van der Waals surface area contributed by atoms with Gasteiger partial charge in [0.25, 0.3) is 24.6 Å². The minimum atomic E-state index is -3.00. The van der Waals surface area contributed by atoms with Gasteiger partial charge in [0.05, 0.1) is 4.88 Å². The Labute approximate surface area is 140 Å². The summed E-state index contributed by atoms with van der Waals surface area (Å²) in [4.78, 5) is 4.38. The summed E-state index contributed by atoms with van der Waals surface area (Å²) in [7, 11) is 0. The molecule has 0 aromatic carbocycles. The Hall–Kier alpha value is -2.82. The molecule has 128 valence electrons. The summed E-state index contributed by atoms with van der Waals surface area (Å²) in [6.45, 7) is 0. The van der Waals surface area contributed by atoms with Gasteiger partial charge in [0.1, 0.15) is 11.4 Å². The first-order chi connectivity index (χ1) is 12.0. The molecule has 4 aromatic heterocycles. The molecule has 11 heteroatoms. The average Bonchev–Trinajstić information content (AvgIpc) is 3.31. The van der Waals surface area contributed by atoms with Crippen LogP contribution in [0.1, 0.15) is 24.2 Å². The number of thiophene rings is 1. The smallest absolute Gasteiger partial charge is 0.280 e. The molecular formula is C14H7F4N5OS. The molecular weight excluding hydrogens is 362 g/mol. The van der Waals surface area contributed by atoms with E-state index >= 15 is 0 Å². The zero-order valence-electron chi connectivity index (χ0n) is 12.1. The third kappa shape index (κ3) is 2.76. The van der Waals surface area contributed by atoms with E-state index in [1.807, 2.05) is 5.38 Å². The fourth-order valence-corrected chi connectivity index (χ4v) is 2.86. The molecule has 4 heterocycles. The van der Waals surface area contributed by atoms with Crippen LogP contribution in [0, 0.1) is 0 Å². The van der Waals surface area contributed by atoms with Crippen LogP contribution in [0.25, 0.3) is 28.0 Å². The lowest BCUT2D eigenvalue weighted by molar-refractivity contribution is 0.135. The minimum Gasteiger partial charge on any atom is -0.414 e. The first-order valence-corrected chi connectivity index (χ1v) is 7.75. The van der Waals surface area contributed by atoms with E-state index in [9.17, 15) is 17.6 Å². The Balaban J connectivity index is 1.82. The molecule has 0 bridgehead atoms. The Morgan fingerprint density at radius 1 is 1.04 bits per heavy atom. The number of hydrogen-bond acceptors (Lipinski definition) is 6. The van der Waals surface area contributed by atoms with Gasteiger partial charge in [-0.05, 0) is 17.5 Å². The van der Waals surface area contributed by atoms with Gasteiger partial charge in [-0.15, -0.1) is 21.5 Å². The van der Waals surface area contributed by atoms with Gasteiger partial charge in [-0.1, -0.05) is 6.07 Å². The Kier molecular flexibility index (Phi) is 3.71. The van der Waals surface area contributed by atoms with Gasteiger partial charge >= 0.3 is 0 Å². The third-order valence-electron chi connectivity index (χ3n) is 3.30. The maximum absolute atomic E-state index is 13.2. The van der Waals surface area contributed by atoms with Crippen molar-refractivity contribution in [2.45, 2.75) is 12.9 Å². The van der Waals surface area contributed by atoms with E-state index in [-0.39, 0.29) is 23.1 Å². The minimum absolute atomic E-state index is 0.0206. The summed E-state index contributed by atoms with van der Waals surface area (Å²) in [5.41, 5.74) is -1.53. The fourth-order valence-electron chi connectivity index (χ4n) is 2.22. The van der Waals surface area contributed by atoms with Crippen LogP contribution < -0.4 is 0 Å². The van der Waals surface area contributed by atoms with Crippen molar-refractivity contribution < 1.29 is 22.0 Å². The summed E-state index contributed by atoms with van der Waals surface area (Å²) in [6, 6.07) is 5.45. The molecule has 0 unspecified atom stereocenters. The lowest BCUT2D eigenvalue weighted by atomic mass is 10.3. The number of hydrogen-bond donors (Lipinski definition) is 0. The van der Waals surface area contributed by atoms with E-state index in [4.69, 9.17) is 4.42 Å². The number of fused-ring (bicyclic) bond motifs is 1. The van der Waals surface area contributed by atoms with Crippen LogP contribution in [0.3, 0.4) is 0 Å². The average molecular weight is 369 g/mol. The highest BCUT2D eigenvalue weighted by molar-refractivity contribution is 7.13. The molecule has 0 radical (unpaired) electrons. The first-order valence-electron chi connectivity index (χ1n) is 6.87. The number of halogens is 4. The molecule has 0 atom stereocenters.